The lowest BCUT2D eigenvalue weighted by Gasteiger charge is -2.28. The molecule has 0 saturated heterocycles. The molecule has 4 aromatic rings. The number of benzene rings is 4. The lowest BCUT2D eigenvalue weighted by atomic mass is 9.81. The smallest absolute Gasteiger partial charge is 0.346 e. The molecule has 4 aromatic carbocycles. The van der Waals surface area contributed by atoms with Crippen LogP contribution in [0.3, 0.4) is 0 Å². The third-order valence-electron chi connectivity index (χ3n) is 6.63. The van der Waals surface area contributed by atoms with Crippen LogP contribution in [0, 0.1) is 11.3 Å². The number of nitriles is 1. The van der Waals surface area contributed by atoms with Crippen LogP contribution >= 0.6 is 0 Å². The summed E-state index contributed by atoms with van der Waals surface area (Å²) in [5.74, 6) is -1.22. The summed E-state index contributed by atoms with van der Waals surface area (Å²) in [5, 5.41) is 18.4. The van der Waals surface area contributed by atoms with Gasteiger partial charge in [0.25, 0.3) is 0 Å². The van der Waals surface area contributed by atoms with E-state index in [9.17, 15) is 9.90 Å². The predicted octanol–water partition coefficient (Wildman–Crippen LogP) is 7.45. The highest BCUT2D eigenvalue weighted by Gasteiger charge is 2.36. The van der Waals surface area contributed by atoms with Gasteiger partial charge < -0.3 is 10.0 Å². The minimum absolute atomic E-state index is 0.276. The van der Waals surface area contributed by atoms with E-state index in [-0.39, 0.29) is 11.0 Å². The van der Waals surface area contributed by atoms with E-state index >= 15 is 0 Å². The number of carbonyl (C=O) groups is 1. The van der Waals surface area contributed by atoms with Gasteiger partial charge in [0.1, 0.15) is 11.6 Å². The minimum Gasteiger partial charge on any atom is -0.477 e. The molecule has 0 atom stereocenters. The van der Waals surface area contributed by atoms with Crippen molar-refractivity contribution in [1.82, 2.24) is 0 Å². The Morgan fingerprint density at radius 2 is 1.34 bits per heavy atom. The van der Waals surface area contributed by atoms with Gasteiger partial charge in [-0.1, -0.05) is 74.5 Å². The van der Waals surface area contributed by atoms with E-state index in [4.69, 9.17) is 5.26 Å². The molecule has 0 aromatic heterocycles. The van der Waals surface area contributed by atoms with E-state index in [2.05, 4.69) is 61.2 Å². The average Bonchev–Trinajstić information content (AvgIpc) is 3.10. The Morgan fingerprint density at radius 3 is 1.89 bits per heavy atom. The van der Waals surface area contributed by atoms with Gasteiger partial charge >= 0.3 is 5.97 Å². The molecule has 0 aliphatic heterocycles. The fraction of sp³-hybridized carbons (Fsp3) is 0.0968. The molecule has 1 aliphatic rings. The number of hydrogen-bond donors (Lipinski definition) is 1. The molecular weight excluding hydrogens is 432 g/mol. The molecule has 0 bridgehead atoms. The fourth-order valence-electron chi connectivity index (χ4n) is 4.88. The first-order valence-corrected chi connectivity index (χ1v) is 11.4. The zero-order valence-corrected chi connectivity index (χ0v) is 19.6. The van der Waals surface area contributed by atoms with Crippen molar-refractivity contribution in [2.45, 2.75) is 19.3 Å². The first-order chi connectivity index (χ1) is 16.9. The van der Waals surface area contributed by atoms with Crippen LogP contribution < -0.4 is 4.90 Å². The van der Waals surface area contributed by atoms with Crippen molar-refractivity contribution in [2.75, 3.05) is 4.90 Å². The van der Waals surface area contributed by atoms with Crippen LogP contribution in [-0.2, 0) is 10.2 Å². The van der Waals surface area contributed by atoms with Crippen LogP contribution in [-0.4, -0.2) is 11.1 Å². The number of aliphatic carboxylic acids is 1. The molecule has 4 heteroatoms. The van der Waals surface area contributed by atoms with Gasteiger partial charge in [-0.3, -0.25) is 0 Å². The molecule has 4 nitrogen and oxygen atoms in total. The zero-order chi connectivity index (χ0) is 24.6. The first kappa shape index (κ1) is 22.2. The number of rotatable bonds is 5. The average molecular weight is 457 g/mol. The summed E-state index contributed by atoms with van der Waals surface area (Å²) in [6, 6.07) is 34.9. The summed E-state index contributed by atoms with van der Waals surface area (Å²) in [4.78, 5) is 13.6. The SMILES string of the molecule is CC1(C)c2cc(/C=C(\C#N)C(=O)O)ccc2-c2ccc(N(c3ccccc3)c3ccccc3)cc21. The summed E-state index contributed by atoms with van der Waals surface area (Å²) >= 11 is 0. The van der Waals surface area contributed by atoms with Crippen molar-refractivity contribution in [3.05, 3.63) is 119 Å². The van der Waals surface area contributed by atoms with Gasteiger partial charge in [-0.2, -0.15) is 5.26 Å². The van der Waals surface area contributed by atoms with E-state index < -0.39 is 5.97 Å². The zero-order valence-electron chi connectivity index (χ0n) is 19.6. The number of carboxylic acids is 1. The molecule has 0 unspecified atom stereocenters. The Hall–Kier alpha value is -4.62. The number of fused-ring (bicyclic) bond motifs is 3. The van der Waals surface area contributed by atoms with Crippen LogP contribution in [0.15, 0.2) is 103 Å². The summed E-state index contributed by atoms with van der Waals surface area (Å²) in [7, 11) is 0. The molecule has 0 spiro atoms. The Morgan fingerprint density at radius 1 is 0.800 bits per heavy atom. The van der Waals surface area contributed by atoms with Gasteiger partial charge in [-0.15, -0.1) is 0 Å². The second-order valence-corrected chi connectivity index (χ2v) is 9.14. The first-order valence-electron chi connectivity index (χ1n) is 11.4. The van der Waals surface area contributed by atoms with Crippen LogP contribution in [0.25, 0.3) is 17.2 Å². The molecule has 5 rings (SSSR count). The van der Waals surface area contributed by atoms with Gasteiger partial charge in [0.05, 0.1) is 0 Å². The Kier molecular flexibility index (Phi) is 5.47. The molecule has 1 aliphatic carbocycles. The van der Waals surface area contributed by atoms with Gasteiger partial charge in [0.2, 0.25) is 0 Å². The second-order valence-electron chi connectivity index (χ2n) is 9.14. The molecule has 0 radical (unpaired) electrons. The van der Waals surface area contributed by atoms with Crippen molar-refractivity contribution in [2.24, 2.45) is 0 Å². The van der Waals surface area contributed by atoms with Crippen molar-refractivity contribution >= 4 is 29.1 Å². The van der Waals surface area contributed by atoms with Gasteiger partial charge in [0.15, 0.2) is 0 Å². The lowest BCUT2D eigenvalue weighted by molar-refractivity contribution is -0.132. The Labute approximate surface area is 205 Å². The number of anilines is 3. The van der Waals surface area contributed by atoms with Crippen LogP contribution in [0.4, 0.5) is 17.1 Å². The van der Waals surface area contributed by atoms with Gasteiger partial charge in [-0.25, -0.2) is 4.79 Å². The molecule has 0 heterocycles. The standard InChI is InChI=1S/C31H24N2O2/c1-31(2)28-18-21(17-22(20-32)30(34)35)13-15-26(28)27-16-14-25(19-29(27)31)33(23-9-5-3-6-10-23)24-11-7-4-8-12-24/h3-19H,1-2H3,(H,34,35)/b22-17+. The van der Waals surface area contributed by atoms with Crippen LogP contribution in [0.5, 0.6) is 0 Å². The van der Waals surface area contributed by atoms with Gasteiger partial charge in [-0.05, 0) is 70.3 Å². The quantitative estimate of drug-likeness (QED) is 0.250. The lowest BCUT2D eigenvalue weighted by Crippen LogP contribution is -2.16. The Bertz CT molecular complexity index is 1460. The van der Waals surface area contributed by atoms with E-state index in [1.807, 2.05) is 54.6 Å². The highest BCUT2D eigenvalue weighted by atomic mass is 16.4. The second kappa shape index (κ2) is 8.62. The van der Waals surface area contributed by atoms with Crippen molar-refractivity contribution in [3.8, 4) is 17.2 Å². The monoisotopic (exact) mass is 456 g/mol. The maximum Gasteiger partial charge on any atom is 0.346 e. The number of nitrogens with zero attached hydrogens (tertiary/aromatic N) is 2. The molecule has 35 heavy (non-hydrogen) atoms. The highest BCUT2D eigenvalue weighted by molar-refractivity contribution is 5.97. The topological polar surface area (TPSA) is 64.3 Å². The summed E-state index contributed by atoms with van der Waals surface area (Å²) in [6.45, 7) is 4.37. The minimum atomic E-state index is -1.22. The number of para-hydroxylation sites is 2. The highest BCUT2D eigenvalue weighted by Crippen LogP contribution is 2.51. The molecule has 1 N–H and O–H groups in total. The molecule has 170 valence electrons. The largest absolute Gasteiger partial charge is 0.477 e. The normalized spacial score (nSPS) is 13.5. The number of carboxylic acid groups (broad SMARTS) is 1. The molecule has 0 amide bonds. The van der Waals surface area contributed by atoms with Gasteiger partial charge in [0, 0.05) is 22.5 Å². The van der Waals surface area contributed by atoms with E-state index in [0.717, 1.165) is 28.2 Å². The van der Waals surface area contributed by atoms with Crippen molar-refractivity contribution in [1.29, 1.82) is 5.26 Å². The number of hydrogen-bond acceptors (Lipinski definition) is 3. The predicted molar refractivity (Wildman–Crippen MR) is 140 cm³/mol. The summed E-state index contributed by atoms with van der Waals surface area (Å²) in [6.07, 6.45) is 1.43. The molecule has 0 fully saturated rings. The van der Waals surface area contributed by atoms with Crippen LogP contribution in [0.2, 0.25) is 0 Å². The van der Waals surface area contributed by atoms with E-state index in [1.165, 1.54) is 17.2 Å². The van der Waals surface area contributed by atoms with E-state index in [0.29, 0.717) is 5.56 Å². The summed E-state index contributed by atoms with van der Waals surface area (Å²) < 4.78 is 0. The maximum absolute atomic E-state index is 11.3. The molecular formula is C31H24N2O2. The van der Waals surface area contributed by atoms with Crippen molar-refractivity contribution < 1.29 is 9.90 Å². The fourth-order valence-corrected chi connectivity index (χ4v) is 4.88. The Balaban J connectivity index is 1.62. The van der Waals surface area contributed by atoms with E-state index in [1.54, 1.807) is 6.07 Å². The third-order valence-corrected chi connectivity index (χ3v) is 6.63. The summed E-state index contributed by atoms with van der Waals surface area (Å²) in [5.41, 5.74) is 8.00. The molecule has 0 saturated carbocycles. The van der Waals surface area contributed by atoms with Crippen molar-refractivity contribution in [3.63, 3.8) is 0 Å². The maximum atomic E-state index is 11.3. The third kappa shape index (κ3) is 3.88. The van der Waals surface area contributed by atoms with Crippen LogP contribution in [0.1, 0.15) is 30.5 Å².